The lowest BCUT2D eigenvalue weighted by Gasteiger charge is -2.14. The fourth-order valence-electron chi connectivity index (χ4n) is 4.05. The van der Waals surface area contributed by atoms with Gasteiger partial charge in [-0.1, -0.05) is 78.9 Å². The van der Waals surface area contributed by atoms with E-state index in [1.807, 2.05) is 66.7 Å². The van der Waals surface area contributed by atoms with Gasteiger partial charge < -0.3 is 9.47 Å². The molecule has 0 saturated carbocycles. The summed E-state index contributed by atoms with van der Waals surface area (Å²) >= 11 is 0. The zero-order chi connectivity index (χ0) is 24.7. The molecule has 0 unspecified atom stereocenters. The van der Waals surface area contributed by atoms with Crippen molar-refractivity contribution in [3.63, 3.8) is 0 Å². The van der Waals surface area contributed by atoms with Crippen molar-refractivity contribution in [2.45, 2.75) is 19.6 Å². The Morgan fingerprint density at radius 2 is 1.39 bits per heavy atom. The van der Waals surface area contributed by atoms with Crippen LogP contribution in [0, 0.1) is 0 Å². The van der Waals surface area contributed by atoms with E-state index in [4.69, 9.17) is 9.47 Å². The van der Waals surface area contributed by atoms with E-state index in [1.165, 1.54) is 0 Å². The number of ether oxygens (including phenoxy) is 2. The van der Waals surface area contributed by atoms with Crippen molar-refractivity contribution in [1.29, 1.82) is 0 Å². The number of benzene rings is 5. The topological polar surface area (TPSA) is 59.9 Å². The molecule has 0 fully saturated rings. The second-order valence-corrected chi connectivity index (χ2v) is 8.47. The molecule has 0 saturated heterocycles. The Hall–Kier alpha value is -4.64. The number of hydrogen-bond donors (Lipinski definition) is 1. The van der Waals surface area contributed by atoms with Crippen molar-refractivity contribution >= 4 is 33.7 Å². The Kier molecular flexibility index (Phi) is 6.90. The Morgan fingerprint density at radius 3 is 2.06 bits per heavy atom. The second-order valence-electron chi connectivity index (χ2n) is 8.47. The third-order valence-electron chi connectivity index (χ3n) is 5.94. The number of carbonyl (C=O) groups excluding carboxylic acids is 1. The van der Waals surface area contributed by atoms with Crippen LogP contribution in [0.5, 0.6) is 11.5 Å². The highest BCUT2D eigenvalue weighted by Crippen LogP contribution is 2.27. The van der Waals surface area contributed by atoms with Crippen LogP contribution < -0.4 is 14.9 Å². The minimum atomic E-state index is -0.720. The highest BCUT2D eigenvalue weighted by atomic mass is 16.5. The molecule has 1 atom stereocenters. The van der Waals surface area contributed by atoms with Crippen LogP contribution in [0.4, 0.5) is 0 Å². The van der Waals surface area contributed by atoms with E-state index in [9.17, 15) is 4.79 Å². The van der Waals surface area contributed by atoms with Crippen molar-refractivity contribution < 1.29 is 14.3 Å². The second kappa shape index (κ2) is 10.7. The minimum absolute atomic E-state index is 0.333. The highest BCUT2D eigenvalue weighted by molar-refractivity contribution is 6.13. The van der Waals surface area contributed by atoms with E-state index in [0.717, 1.165) is 38.4 Å². The number of hydrogen-bond acceptors (Lipinski definition) is 4. The smallest absolute Gasteiger partial charge is 0.280 e. The molecule has 5 rings (SSSR count). The maximum atomic E-state index is 12.6. The predicted molar refractivity (Wildman–Crippen MR) is 144 cm³/mol. The van der Waals surface area contributed by atoms with E-state index in [2.05, 4.69) is 40.9 Å². The lowest BCUT2D eigenvalue weighted by atomic mass is 9.97. The summed E-state index contributed by atoms with van der Waals surface area (Å²) in [6.07, 6.45) is 0.983. The summed E-state index contributed by atoms with van der Waals surface area (Å²) in [6.45, 7) is 2.18. The number of nitrogens with zero attached hydrogens (tertiary/aromatic N) is 1. The largest absolute Gasteiger partial charge is 0.489 e. The molecule has 5 aromatic carbocycles. The highest BCUT2D eigenvalue weighted by Gasteiger charge is 2.14. The first-order valence-corrected chi connectivity index (χ1v) is 11.8. The number of hydrazone groups is 1. The quantitative estimate of drug-likeness (QED) is 0.159. The SMILES string of the molecule is C[C@H](Oc1ccc(OCc2ccccc2)cc1)C(=O)N/N=C\c1c2ccccc2cc2ccccc12. The monoisotopic (exact) mass is 474 g/mol. The van der Waals surface area contributed by atoms with Gasteiger partial charge in [0.2, 0.25) is 0 Å². The Balaban J connectivity index is 1.21. The fraction of sp³-hybridized carbons (Fsp3) is 0.0968. The Morgan fingerprint density at radius 1 is 0.806 bits per heavy atom. The van der Waals surface area contributed by atoms with Gasteiger partial charge >= 0.3 is 0 Å². The number of fused-ring (bicyclic) bond motifs is 2. The van der Waals surface area contributed by atoms with Crippen molar-refractivity contribution in [1.82, 2.24) is 5.43 Å². The summed E-state index contributed by atoms with van der Waals surface area (Å²) in [4.78, 5) is 12.6. The molecule has 0 bridgehead atoms. The van der Waals surface area contributed by atoms with Crippen molar-refractivity contribution in [3.05, 3.63) is 120 Å². The molecular weight excluding hydrogens is 448 g/mol. The van der Waals surface area contributed by atoms with E-state index in [-0.39, 0.29) is 5.91 Å². The van der Waals surface area contributed by atoms with Gasteiger partial charge in [0, 0.05) is 5.56 Å². The molecule has 5 heteroatoms. The Labute approximate surface area is 210 Å². The zero-order valence-electron chi connectivity index (χ0n) is 19.9. The van der Waals surface area contributed by atoms with Crippen molar-refractivity contribution in [2.24, 2.45) is 5.10 Å². The summed E-state index contributed by atoms with van der Waals surface area (Å²) in [7, 11) is 0. The molecule has 0 aliphatic rings. The Bertz CT molecular complexity index is 1460. The maximum absolute atomic E-state index is 12.6. The molecule has 178 valence electrons. The molecule has 0 heterocycles. The zero-order valence-corrected chi connectivity index (χ0v) is 19.9. The van der Waals surface area contributed by atoms with Crippen LogP contribution >= 0.6 is 0 Å². The lowest BCUT2D eigenvalue weighted by Crippen LogP contribution is -2.33. The van der Waals surface area contributed by atoms with Gasteiger partial charge in [0.15, 0.2) is 6.10 Å². The summed E-state index contributed by atoms with van der Waals surface area (Å²) in [5, 5.41) is 8.65. The normalized spacial score (nSPS) is 12.0. The molecule has 1 N–H and O–H groups in total. The van der Waals surface area contributed by atoms with E-state index < -0.39 is 6.10 Å². The van der Waals surface area contributed by atoms with Crippen LogP contribution in [0.1, 0.15) is 18.1 Å². The van der Waals surface area contributed by atoms with Crippen LogP contribution in [-0.2, 0) is 11.4 Å². The fourth-order valence-corrected chi connectivity index (χ4v) is 4.05. The molecule has 1 amide bonds. The lowest BCUT2D eigenvalue weighted by molar-refractivity contribution is -0.127. The predicted octanol–water partition coefficient (Wildman–Crippen LogP) is 6.49. The first-order chi connectivity index (χ1) is 17.7. The number of nitrogens with one attached hydrogen (secondary N) is 1. The molecule has 0 radical (unpaired) electrons. The molecule has 5 aromatic rings. The number of amides is 1. The maximum Gasteiger partial charge on any atom is 0.280 e. The van der Waals surface area contributed by atoms with Crippen LogP contribution in [0.25, 0.3) is 21.5 Å². The first kappa shape index (κ1) is 23.1. The molecule has 0 spiro atoms. The van der Waals surface area contributed by atoms with Gasteiger partial charge in [-0.3, -0.25) is 4.79 Å². The van der Waals surface area contributed by atoms with E-state index in [1.54, 1.807) is 25.3 Å². The first-order valence-electron chi connectivity index (χ1n) is 11.8. The van der Waals surface area contributed by atoms with Crippen LogP contribution in [-0.4, -0.2) is 18.2 Å². The van der Waals surface area contributed by atoms with Crippen molar-refractivity contribution in [2.75, 3.05) is 0 Å². The molecule has 5 nitrogen and oxygen atoms in total. The minimum Gasteiger partial charge on any atom is -0.489 e. The molecule has 36 heavy (non-hydrogen) atoms. The standard InChI is InChI=1S/C31H26N2O3/c1-22(36-27-17-15-26(16-18-27)35-21-23-9-3-2-4-10-23)31(34)33-32-20-30-28-13-7-5-11-24(28)19-25-12-6-8-14-29(25)30/h2-20,22H,21H2,1H3,(H,33,34)/b32-20-/t22-/m0/s1. The van der Waals surface area contributed by atoms with Gasteiger partial charge in [-0.15, -0.1) is 0 Å². The van der Waals surface area contributed by atoms with Gasteiger partial charge in [0.1, 0.15) is 18.1 Å². The molecule has 0 aliphatic heterocycles. The molecule has 0 aliphatic carbocycles. The van der Waals surface area contributed by atoms with Crippen LogP contribution in [0.15, 0.2) is 114 Å². The third kappa shape index (κ3) is 5.36. The van der Waals surface area contributed by atoms with Crippen LogP contribution in [0.2, 0.25) is 0 Å². The summed E-state index contributed by atoms with van der Waals surface area (Å²) in [5.74, 6) is 0.976. The van der Waals surface area contributed by atoms with E-state index in [0.29, 0.717) is 12.4 Å². The van der Waals surface area contributed by atoms with Crippen molar-refractivity contribution in [3.8, 4) is 11.5 Å². The number of carbonyl (C=O) groups is 1. The average molecular weight is 475 g/mol. The van der Waals surface area contributed by atoms with Gasteiger partial charge in [0.05, 0.1) is 6.21 Å². The van der Waals surface area contributed by atoms with Gasteiger partial charge in [-0.2, -0.15) is 5.10 Å². The molecular formula is C31H26N2O3. The van der Waals surface area contributed by atoms with Gasteiger partial charge in [-0.05, 0) is 64.4 Å². The average Bonchev–Trinajstić information content (AvgIpc) is 2.92. The third-order valence-corrected chi connectivity index (χ3v) is 5.94. The summed E-state index contributed by atoms with van der Waals surface area (Å²) < 4.78 is 11.6. The van der Waals surface area contributed by atoms with Crippen LogP contribution in [0.3, 0.4) is 0 Å². The summed E-state index contributed by atoms with van der Waals surface area (Å²) in [5.41, 5.74) is 4.67. The van der Waals surface area contributed by atoms with Gasteiger partial charge in [0.25, 0.3) is 5.91 Å². The molecule has 0 aromatic heterocycles. The summed E-state index contributed by atoms with van der Waals surface area (Å²) in [6, 6.07) is 35.7. The van der Waals surface area contributed by atoms with E-state index >= 15 is 0 Å². The number of rotatable bonds is 8. The van der Waals surface area contributed by atoms with Gasteiger partial charge in [-0.25, -0.2) is 5.43 Å².